The van der Waals surface area contributed by atoms with E-state index in [9.17, 15) is 14.4 Å². The van der Waals surface area contributed by atoms with Crippen LogP contribution in [0.25, 0.3) is 0 Å². The van der Waals surface area contributed by atoms with Crippen molar-refractivity contribution in [2.45, 2.75) is 66.2 Å². The number of benzene rings is 2. The van der Waals surface area contributed by atoms with Crippen molar-refractivity contribution in [2.75, 3.05) is 13.1 Å². The van der Waals surface area contributed by atoms with E-state index in [1.54, 1.807) is 25.7 Å². The van der Waals surface area contributed by atoms with Gasteiger partial charge < -0.3 is 20.3 Å². The molecule has 0 saturated heterocycles. The average Bonchev–Trinajstić information content (AvgIpc) is 2.78. The molecule has 3 amide bonds. The molecule has 2 N–H and O–H groups in total. The molecule has 34 heavy (non-hydrogen) atoms. The van der Waals surface area contributed by atoms with Crippen molar-refractivity contribution >= 4 is 17.9 Å². The Balaban J connectivity index is 2.30. The number of nitrogens with zero attached hydrogens (tertiary/aromatic N) is 1. The summed E-state index contributed by atoms with van der Waals surface area (Å²) in [5.41, 5.74) is 3.06. The number of carbonyl (C=O) groups excluding carboxylic acids is 3. The number of alkyl carbamates (subject to hydrolysis) is 1. The molecular formula is C27H37N3O4. The fraction of sp³-hybridized carbons (Fsp3) is 0.444. The number of aryl methyl sites for hydroxylation is 1. The lowest BCUT2D eigenvalue weighted by molar-refractivity contribution is -0.140. The zero-order valence-corrected chi connectivity index (χ0v) is 21.1. The van der Waals surface area contributed by atoms with E-state index < -0.39 is 17.7 Å². The van der Waals surface area contributed by atoms with Gasteiger partial charge in [0.1, 0.15) is 18.2 Å². The summed E-state index contributed by atoms with van der Waals surface area (Å²) in [5.74, 6) is -0.620. The van der Waals surface area contributed by atoms with Crippen LogP contribution >= 0.6 is 0 Å². The molecule has 2 aromatic rings. The first-order chi connectivity index (χ1) is 16.0. The van der Waals surface area contributed by atoms with Crippen LogP contribution in [0.4, 0.5) is 4.79 Å². The topological polar surface area (TPSA) is 87.7 Å². The summed E-state index contributed by atoms with van der Waals surface area (Å²) in [4.78, 5) is 40.4. The average molecular weight is 468 g/mol. The lowest BCUT2D eigenvalue weighted by Crippen LogP contribution is -2.48. The van der Waals surface area contributed by atoms with E-state index >= 15 is 0 Å². The van der Waals surface area contributed by atoms with Crippen LogP contribution in [-0.2, 0) is 20.9 Å². The lowest BCUT2D eigenvalue weighted by Gasteiger charge is -2.32. The number of ether oxygens (including phenoxy) is 1. The number of carbonyl (C=O) groups is 3. The van der Waals surface area contributed by atoms with Crippen LogP contribution in [0.5, 0.6) is 0 Å². The van der Waals surface area contributed by atoms with Crippen LogP contribution in [0.2, 0.25) is 0 Å². The summed E-state index contributed by atoms with van der Waals surface area (Å²) < 4.78 is 5.24. The smallest absolute Gasteiger partial charge is 0.408 e. The SMILES string of the molecule is CCCN(C(=O)CNC(=O)OC(C)(C)C)C(C(=O)NCc1ccccc1)c1cccc(C)c1C. The summed E-state index contributed by atoms with van der Waals surface area (Å²) in [7, 11) is 0. The molecule has 2 rings (SSSR count). The number of amides is 3. The Bertz CT molecular complexity index is 983. The molecule has 7 nitrogen and oxygen atoms in total. The zero-order valence-electron chi connectivity index (χ0n) is 21.1. The second kappa shape index (κ2) is 12.2. The van der Waals surface area contributed by atoms with Gasteiger partial charge in [0.05, 0.1) is 0 Å². The molecule has 0 heterocycles. The maximum absolute atomic E-state index is 13.5. The minimum absolute atomic E-state index is 0.262. The highest BCUT2D eigenvalue weighted by Gasteiger charge is 2.32. The Morgan fingerprint density at radius 1 is 0.971 bits per heavy atom. The minimum Gasteiger partial charge on any atom is -0.444 e. The highest BCUT2D eigenvalue weighted by molar-refractivity contribution is 5.90. The summed E-state index contributed by atoms with van der Waals surface area (Å²) >= 11 is 0. The van der Waals surface area contributed by atoms with Crippen LogP contribution in [0.15, 0.2) is 48.5 Å². The van der Waals surface area contributed by atoms with Gasteiger partial charge in [-0.3, -0.25) is 9.59 Å². The zero-order chi connectivity index (χ0) is 25.3. The van der Waals surface area contributed by atoms with Crippen molar-refractivity contribution in [1.82, 2.24) is 15.5 Å². The van der Waals surface area contributed by atoms with Crippen LogP contribution in [0.3, 0.4) is 0 Å². The molecule has 0 aliphatic rings. The quantitative estimate of drug-likeness (QED) is 0.571. The van der Waals surface area contributed by atoms with Crippen LogP contribution < -0.4 is 10.6 Å². The van der Waals surface area contributed by atoms with Crippen molar-refractivity contribution in [1.29, 1.82) is 0 Å². The molecule has 0 saturated carbocycles. The van der Waals surface area contributed by atoms with Gasteiger partial charge in [-0.15, -0.1) is 0 Å². The third kappa shape index (κ3) is 7.90. The summed E-state index contributed by atoms with van der Waals surface area (Å²) in [5, 5.41) is 5.51. The first kappa shape index (κ1) is 26.9. The summed E-state index contributed by atoms with van der Waals surface area (Å²) in [6.45, 7) is 11.6. The maximum atomic E-state index is 13.5. The second-order valence-electron chi connectivity index (χ2n) is 9.34. The van der Waals surface area contributed by atoms with Gasteiger partial charge in [0.25, 0.3) is 0 Å². The fourth-order valence-electron chi connectivity index (χ4n) is 3.60. The Labute approximate surface area is 202 Å². The van der Waals surface area contributed by atoms with E-state index in [1.165, 1.54) is 0 Å². The normalized spacial score (nSPS) is 11.9. The molecule has 1 unspecified atom stereocenters. The van der Waals surface area contributed by atoms with Gasteiger partial charge in [-0.1, -0.05) is 55.5 Å². The molecular weight excluding hydrogens is 430 g/mol. The summed E-state index contributed by atoms with van der Waals surface area (Å²) in [6.07, 6.45) is -0.0139. The first-order valence-electron chi connectivity index (χ1n) is 11.7. The standard InChI is InChI=1S/C27H37N3O4/c1-7-16-30(23(31)18-29-26(33)34-27(4,5)6)24(22-15-11-12-19(2)20(22)3)25(32)28-17-21-13-9-8-10-14-21/h8-15,24H,7,16-18H2,1-6H3,(H,28,32)(H,29,33). The monoisotopic (exact) mass is 467 g/mol. The van der Waals surface area contributed by atoms with Gasteiger partial charge in [-0.05, 0) is 63.3 Å². The molecule has 184 valence electrons. The van der Waals surface area contributed by atoms with Crippen LogP contribution in [0.1, 0.15) is 62.4 Å². The van der Waals surface area contributed by atoms with E-state index in [1.807, 2.05) is 69.3 Å². The molecule has 2 aromatic carbocycles. The maximum Gasteiger partial charge on any atom is 0.408 e. The highest BCUT2D eigenvalue weighted by Crippen LogP contribution is 2.27. The van der Waals surface area contributed by atoms with E-state index in [-0.39, 0.29) is 18.4 Å². The number of hydrogen-bond acceptors (Lipinski definition) is 4. The van der Waals surface area contributed by atoms with Crippen molar-refractivity contribution in [2.24, 2.45) is 0 Å². The van der Waals surface area contributed by atoms with Gasteiger partial charge >= 0.3 is 6.09 Å². The van der Waals surface area contributed by atoms with Gasteiger partial charge in [-0.25, -0.2) is 4.79 Å². The molecule has 7 heteroatoms. The number of hydrogen-bond donors (Lipinski definition) is 2. The predicted octanol–water partition coefficient (Wildman–Crippen LogP) is 4.42. The molecule has 0 radical (unpaired) electrons. The van der Waals surface area contributed by atoms with Crippen molar-refractivity contribution in [3.63, 3.8) is 0 Å². The molecule has 0 fully saturated rings. The minimum atomic E-state index is -0.823. The Hall–Kier alpha value is -3.35. The Kier molecular flexibility index (Phi) is 9.66. The third-order valence-corrected chi connectivity index (χ3v) is 5.38. The Morgan fingerprint density at radius 3 is 2.26 bits per heavy atom. The largest absolute Gasteiger partial charge is 0.444 e. The molecule has 0 bridgehead atoms. The first-order valence-corrected chi connectivity index (χ1v) is 11.7. The summed E-state index contributed by atoms with van der Waals surface area (Å²) in [6, 6.07) is 14.6. The van der Waals surface area contributed by atoms with E-state index in [0.29, 0.717) is 19.5 Å². The molecule has 0 aliphatic carbocycles. The fourth-order valence-corrected chi connectivity index (χ4v) is 3.60. The van der Waals surface area contributed by atoms with Gasteiger partial charge in [0.2, 0.25) is 11.8 Å². The number of rotatable bonds is 9. The van der Waals surface area contributed by atoms with E-state index in [4.69, 9.17) is 4.74 Å². The van der Waals surface area contributed by atoms with Crippen molar-refractivity contribution in [3.8, 4) is 0 Å². The molecule has 0 aromatic heterocycles. The predicted molar refractivity (Wildman–Crippen MR) is 133 cm³/mol. The van der Waals surface area contributed by atoms with Gasteiger partial charge in [0.15, 0.2) is 0 Å². The van der Waals surface area contributed by atoms with Gasteiger partial charge in [-0.2, -0.15) is 0 Å². The molecule has 1 atom stereocenters. The number of nitrogens with one attached hydrogen (secondary N) is 2. The van der Waals surface area contributed by atoms with Crippen molar-refractivity contribution < 1.29 is 19.1 Å². The molecule has 0 aliphatic heterocycles. The highest BCUT2D eigenvalue weighted by atomic mass is 16.6. The van der Waals surface area contributed by atoms with Gasteiger partial charge in [0, 0.05) is 13.1 Å². The second-order valence-corrected chi connectivity index (χ2v) is 9.34. The molecule has 0 spiro atoms. The Morgan fingerprint density at radius 2 is 1.65 bits per heavy atom. The van der Waals surface area contributed by atoms with Crippen LogP contribution in [-0.4, -0.2) is 41.5 Å². The van der Waals surface area contributed by atoms with E-state index in [0.717, 1.165) is 22.3 Å². The van der Waals surface area contributed by atoms with E-state index in [2.05, 4.69) is 10.6 Å². The van der Waals surface area contributed by atoms with Crippen LogP contribution in [0, 0.1) is 13.8 Å². The lowest BCUT2D eigenvalue weighted by atomic mass is 9.95. The van der Waals surface area contributed by atoms with Crippen molar-refractivity contribution in [3.05, 3.63) is 70.8 Å². The third-order valence-electron chi connectivity index (χ3n) is 5.38.